The van der Waals surface area contributed by atoms with Crippen molar-refractivity contribution in [2.24, 2.45) is 5.92 Å². The number of hydrogen-bond acceptors (Lipinski definition) is 5. The van der Waals surface area contributed by atoms with Crippen molar-refractivity contribution >= 4 is 17.2 Å². The Kier molecular flexibility index (Phi) is 7.34. The van der Waals surface area contributed by atoms with Crippen LogP contribution in [-0.2, 0) is 4.79 Å². The normalized spacial score (nSPS) is 16.5. The van der Waals surface area contributed by atoms with Crippen molar-refractivity contribution in [1.29, 1.82) is 0 Å². The molecule has 1 aliphatic rings. The number of aryl methyl sites for hydroxylation is 1. The maximum absolute atomic E-state index is 12.4. The summed E-state index contributed by atoms with van der Waals surface area (Å²) in [6, 6.07) is 10.1. The molecule has 1 saturated heterocycles. The molecule has 1 atom stereocenters. The van der Waals surface area contributed by atoms with Crippen molar-refractivity contribution in [1.82, 2.24) is 10.2 Å². The highest BCUT2D eigenvalue weighted by Gasteiger charge is 2.25. The number of rotatable bonds is 8. The number of thiophene rings is 1. The van der Waals surface area contributed by atoms with Gasteiger partial charge in [-0.05, 0) is 67.9 Å². The van der Waals surface area contributed by atoms with Gasteiger partial charge in [0.2, 0.25) is 0 Å². The first-order chi connectivity index (χ1) is 13.6. The number of piperidine rings is 1. The second kappa shape index (κ2) is 9.94. The van der Waals surface area contributed by atoms with E-state index in [1.807, 2.05) is 25.1 Å². The van der Waals surface area contributed by atoms with E-state index < -0.39 is 0 Å². The van der Waals surface area contributed by atoms with E-state index in [2.05, 4.69) is 34.7 Å². The van der Waals surface area contributed by atoms with Crippen molar-refractivity contribution in [3.63, 3.8) is 0 Å². The van der Waals surface area contributed by atoms with E-state index in [0.717, 1.165) is 24.6 Å². The highest BCUT2D eigenvalue weighted by atomic mass is 32.1. The Bertz CT molecular complexity index is 755. The molecule has 1 fully saturated rings. The lowest BCUT2D eigenvalue weighted by Crippen LogP contribution is -2.42. The van der Waals surface area contributed by atoms with Crippen molar-refractivity contribution in [2.75, 3.05) is 33.4 Å². The summed E-state index contributed by atoms with van der Waals surface area (Å²) in [5, 5.41) is 5.16. The molecule has 1 aliphatic heterocycles. The monoisotopic (exact) mass is 402 g/mol. The molecule has 1 amide bonds. The molecule has 1 aromatic heterocycles. The Morgan fingerprint density at radius 2 is 2.07 bits per heavy atom. The number of carbonyl (C=O) groups excluding carboxylic acids is 1. The largest absolute Gasteiger partial charge is 0.493 e. The Morgan fingerprint density at radius 3 is 2.75 bits per heavy atom. The molecule has 0 spiro atoms. The van der Waals surface area contributed by atoms with Crippen LogP contribution in [0.15, 0.2) is 35.7 Å². The molecule has 0 radical (unpaired) electrons. The SMILES string of the molecule is COc1cc(C)ccc1OCC(=O)NCC(c1cccs1)N1CCC(C)CC1. The van der Waals surface area contributed by atoms with Crippen LogP contribution in [0.2, 0.25) is 0 Å². The zero-order valence-corrected chi connectivity index (χ0v) is 17.8. The van der Waals surface area contributed by atoms with E-state index in [9.17, 15) is 4.79 Å². The van der Waals surface area contributed by atoms with E-state index in [0.29, 0.717) is 18.0 Å². The van der Waals surface area contributed by atoms with Gasteiger partial charge in [-0.3, -0.25) is 9.69 Å². The summed E-state index contributed by atoms with van der Waals surface area (Å²) >= 11 is 1.75. The molecule has 3 rings (SSSR count). The van der Waals surface area contributed by atoms with Gasteiger partial charge in [-0.1, -0.05) is 19.1 Å². The van der Waals surface area contributed by atoms with Gasteiger partial charge in [0, 0.05) is 11.4 Å². The van der Waals surface area contributed by atoms with Gasteiger partial charge in [-0.15, -0.1) is 11.3 Å². The van der Waals surface area contributed by atoms with Crippen LogP contribution >= 0.6 is 11.3 Å². The average Bonchev–Trinajstić information content (AvgIpc) is 3.23. The van der Waals surface area contributed by atoms with Crippen molar-refractivity contribution < 1.29 is 14.3 Å². The third kappa shape index (κ3) is 5.49. The minimum absolute atomic E-state index is 0.0202. The third-order valence-corrected chi connectivity index (χ3v) is 6.27. The lowest BCUT2D eigenvalue weighted by Gasteiger charge is -2.36. The highest BCUT2D eigenvalue weighted by Crippen LogP contribution is 2.29. The topological polar surface area (TPSA) is 50.8 Å². The van der Waals surface area contributed by atoms with Crippen LogP contribution in [0.1, 0.15) is 36.2 Å². The first kappa shape index (κ1) is 20.7. The molecule has 1 aromatic carbocycles. The van der Waals surface area contributed by atoms with Gasteiger partial charge in [0.25, 0.3) is 5.91 Å². The number of ether oxygens (including phenoxy) is 2. The molecule has 0 bridgehead atoms. The number of nitrogens with zero attached hydrogens (tertiary/aromatic N) is 1. The van der Waals surface area contributed by atoms with Gasteiger partial charge in [0.05, 0.1) is 13.2 Å². The Labute approximate surface area is 171 Å². The van der Waals surface area contributed by atoms with Gasteiger partial charge in [-0.2, -0.15) is 0 Å². The number of likely N-dealkylation sites (tertiary alicyclic amines) is 1. The molecular formula is C22H30N2O3S. The Hall–Kier alpha value is -2.05. The van der Waals surface area contributed by atoms with Crippen LogP contribution in [0.3, 0.4) is 0 Å². The maximum atomic E-state index is 12.4. The quantitative estimate of drug-likeness (QED) is 0.724. The first-order valence-electron chi connectivity index (χ1n) is 9.88. The Balaban J connectivity index is 1.55. The van der Waals surface area contributed by atoms with Crippen LogP contribution in [0.25, 0.3) is 0 Å². The smallest absolute Gasteiger partial charge is 0.258 e. The molecule has 5 nitrogen and oxygen atoms in total. The molecule has 0 saturated carbocycles. The zero-order chi connectivity index (χ0) is 19.9. The summed E-state index contributed by atoms with van der Waals surface area (Å²) in [6.07, 6.45) is 2.43. The number of benzene rings is 1. The van der Waals surface area contributed by atoms with Crippen LogP contribution in [0, 0.1) is 12.8 Å². The van der Waals surface area contributed by atoms with Gasteiger partial charge < -0.3 is 14.8 Å². The zero-order valence-electron chi connectivity index (χ0n) is 16.9. The minimum Gasteiger partial charge on any atom is -0.493 e. The Morgan fingerprint density at radius 1 is 1.29 bits per heavy atom. The van der Waals surface area contributed by atoms with E-state index in [1.165, 1.54) is 17.7 Å². The number of hydrogen-bond donors (Lipinski definition) is 1. The number of nitrogens with one attached hydrogen (secondary N) is 1. The number of amides is 1. The molecule has 28 heavy (non-hydrogen) atoms. The summed E-state index contributed by atoms with van der Waals surface area (Å²) < 4.78 is 11.0. The van der Waals surface area contributed by atoms with Gasteiger partial charge in [0.1, 0.15) is 0 Å². The molecule has 2 heterocycles. The summed E-state index contributed by atoms with van der Waals surface area (Å²) in [7, 11) is 1.60. The van der Waals surface area contributed by atoms with Crippen LogP contribution < -0.4 is 14.8 Å². The van der Waals surface area contributed by atoms with E-state index >= 15 is 0 Å². The average molecular weight is 403 g/mol. The second-order valence-corrected chi connectivity index (χ2v) is 8.48. The lowest BCUT2D eigenvalue weighted by molar-refractivity contribution is -0.123. The predicted octanol–water partition coefficient (Wildman–Crippen LogP) is 4.03. The molecule has 2 aromatic rings. The van der Waals surface area contributed by atoms with Gasteiger partial charge in [-0.25, -0.2) is 0 Å². The standard InChI is InChI=1S/C22H30N2O3S/c1-16-8-10-24(11-9-16)18(21-5-4-12-28-21)14-23-22(25)15-27-19-7-6-17(2)13-20(19)26-3/h4-7,12-13,16,18H,8-11,14-15H2,1-3H3,(H,23,25). The van der Waals surface area contributed by atoms with Crippen molar-refractivity contribution in [3.8, 4) is 11.5 Å². The van der Waals surface area contributed by atoms with Crippen LogP contribution in [0.5, 0.6) is 11.5 Å². The number of methoxy groups -OCH3 is 1. The maximum Gasteiger partial charge on any atom is 0.258 e. The highest BCUT2D eigenvalue weighted by molar-refractivity contribution is 7.10. The minimum atomic E-state index is -0.116. The van der Waals surface area contributed by atoms with E-state index in [1.54, 1.807) is 18.4 Å². The van der Waals surface area contributed by atoms with Gasteiger partial charge in [0.15, 0.2) is 18.1 Å². The fraction of sp³-hybridized carbons (Fsp3) is 0.500. The summed E-state index contributed by atoms with van der Waals surface area (Å²) in [5.41, 5.74) is 1.09. The number of carbonyl (C=O) groups is 1. The summed E-state index contributed by atoms with van der Waals surface area (Å²) in [5.74, 6) is 1.90. The first-order valence-corrected chi connectivity index (χ1v) is 10.8. The molecule has 152 valence electrons. The fourth-order valence-corrected chi connectivity index (χ4v) is 4.39. The third-order valence-electron chi connectivity index (χ3n) is 5.30. The van der Waals surface area contributed by atoms with E-state index in [4.69, 9.17) is 9.47 Å². The van der Waals surface area contributed by atoms with Crippen LogP contribution in [0.4, 0.5) is 0 Å². The molecule has 1 N–H and O–H groups in total. The summed E-state index contributed by atoms with van der Waals surface area (Å²) in [4.78, 5) is 16.2. The predicted molar refractivity (Wildman–Crippen MR) is 113 cm³/mol. The fourth-order valence-electron chi connectivity index (χ4n) is 3.53. The van der Waals surface area contributed by atoms with Crippen molar-refractivity contribution in [2.45, 2.75) is 32.7 Å². The second-order valence-electron chi connectivity index (χ2n) is 7.50. The lowest BCUT2D eigenvalue weighted by atomic mass is 9.97. The van der Waals surface area contributed by atoms with Gasteiger partial charge >= 0.3 is 0 Å². The molecule has 6 heteroatoms. The van der Waals surface area contributed by atoms with E-state index in [-0.39, 0.29) is 18.6 Å². The molecular weight excluding hydrogens is 372 g/mol. The van der Waals surface area contributed by atoms with Crippen molar-refractivity contribution in [3.05, 3.63) is 46.2 Å². The summed E-state index contributed by atoms with van der Waals surface area (Å²) in [6.45, 7) is 7.05. The molecule has 0 aliphatic carbocycles. The molecule has 1 unspecified atom stereocenters. The van der Waals surface area contributed by atoms with Crippen LogP contribution in [-0.4, -0.2) is 44.2 Å².